The molecule has 5 rings (SSSR count). The highest BCUT2D eigenvalue weighted by Crippen LogP contribution is 2.67. The number of aliphatic hydroxyl groups is 4. The summed E-state index contributed by atoms with van der Waals surface area (Å²) in [6.45, 7) is 17.7. The molecule has 11 nitrogen and oxygen atoms in total. The molecule has 0 spiro atoms. The fraction of sp³-hybridized carbons (Fsp3) is 0.956. The first-order valence-corrected chi connectivity index (χ1v) is 23.7. The Hall–Kier alpha value is -0.350. The number of thioether (sulfide) groups is 1. The van der Waals surface area contributed by atoms with E-state index in [-0.39, 0.29) is 0 Å². The molecule has 57 heavy (non-hydrogen) atoms. The summed E-state index contributed by atoms with van der Waals surface area (Å²) in [5.41, 5.74) is 1.85. The van der Waals surface area contributed by atoms with Gasteiger partial charge in [-0.25, -0.2) is 0 Å². The number of allylic oxidation sites excluding steroid dienone is 1. The predicted molar refractivity (Wildman–Crippen MR) is 223 cm³/mol. The first kappa shape index (κ1) is 47.7. The normalized spacial score (nSPS) is 37.1. The average molecular weight is 829 g/mol. The highest BCUT2D eigenvalue weighted by atomic mass is 32.2. The zero-order valence-corrected chi connectivity index (χ0v) is 36.8. The minimum absolute atomic E-state index is 0.308. The minimum atomic E-state index is -1.36. The molecule has 5 aliphatic rings. The Labute approximate surface area is 348 Å². The number of hydrogen-bond acceptors (Lipinski definition) is 12. The van der Waals surface area contributed by atoms with Gasteiger partial charge in [-0.1, -0.05) is 65.5 Å². The summed E-state index contributed by atoms with van der Waals surface area (Å²) in [5, 5.41) is 39.1. The summed E-state index contributed by atoms with van der Waals surface area (Å²) >= 11 is 1.26. The van der Waals surface area contributed by atoms with Gasteiger partial charge in [0, 0.05) is 5.75 Å². The van der Waals surface area contributed by atoms with E-state index in [1.54, 1.807) is 5.57 Å². The van der Waals surface area contributed by atoms with Gasteiger partial charge >= 0.3 is 0 Å². The lowest BCUT2D eigenvalue weighted by Crippen LogP contribution is -2.57. The van der Waals surface area contributed by atoms with Crippen LogP contribution in [0.15, 0.2) is 11.6 Å². The Kier molecular flexibility index (Phi) is 19.9. The van der Waals surface area contributed by atoms with Crippen molar-refractivity contribution in [3.63, 3.8) is 0 Å². The second-order valence-electron chi connectivity index (χ2n) is 18.7. The molecule has 12 heteroatoms. The molecule has 1 heterocycles. The van der Waals surface area contributed by atoms with Gasteiger partial charge in [0.15, 0.2) is 0 Å². The van der Waals surface area contributed by atoms with Crippen LogP contribution in [0.3, 0.4) is 0 Å². The molecule has 332 valence electrons. The third kappa shape index (κ3) is 12.8. The topological polar surface area (TPSA) is 146 Å². The van der Waals surface area contributed by atoms with Crippen LogP contribution in [-0.4, -0.2) is 141 Å². The smallest absolute Gasteiger partial charge is 0.132 e. The van der Waals surface area contributed by atoms with Crippen molar-refractivity contribution in [2.75, 3.05) is 85.0 Å². The Morgan fingerprint density at radius 1 is 0.737 bits per heavy atom. The van der Waals surface area contributed by atoms with Crippen LogP contribution in [0.1, 0.15) is 105 Å². The van der Waals surface area contributed by atoms with E-state index in [0.717, 1.165) is 48.3 Å². The van der Waals surface area contributed by atoms with E-state index >= 15 is 0 Å². The summed E-state index contributed by atoms with van der Waals surface area (Å²) < 4.78 is 39.9. The maximum Gasteiger partial charge on any atom is 0.132 e. The third-order valence-electron chi connectivity index (χ3n) is 14.7. The maximum absolute atomic E-state index is 10.1. The van der Waals surface area contributed by atoms with Gasteiger partial charge in [-0.05, 0) is 97.7 Å². The van der Waals surface area contributed by atoms with E-state index in [9.17, 15) is 20.4 Å². The summed E-state index contributed by atoms with van der Waals surface area (Å²) in [6, 6.07) is 0. The van der Waals surface area contributed by atoms with Crippen LogP contribution in [-0.2, 0) is 33.2 Å². The van der Waals surface area contributed by atoms with Crippen LogP contribution in [0.2, 0.25) is 0 Å². The van der Waals surface area contributed by atoms with Crippen molar-refractivity contribution in [3.05, 3.63) is 11.6 Å². The van der Waals surface area contributed by atoms with Gasteiger partial charge in [0.05, 0.1) is 85.4 Å². The van der Waals surface area contributed by atoms with Crippen molar-refractivity contribution < 1.29 is 53.6 Å². The van der Waals surface area contributed by atoms with Crippen LogP contribution in [0, 0.1) is 46.3 Å². The lowest BCUT2D eigenvalue weighted by Gasteiger charge is -2.58. The van der Waals surface area contributed by atoms with Crippen molar-refractivity contribution in [1.82, 2.24) is 0 Å². The molecule has 0 aromatic heterocycles. The maximum atomic E-state index is 10.1. The van der Waals surface area contributed by atoms with E-state index in [0.29, 0.717) is 95.4 Å². The second kappa shape index (κ2) is 23.8. The van der Waals surface area contributed by atoms with E-state index in [4.69, 9.17) is 33.2 Å². The van der Waals surface area contributed by atoms with E-state index in [2.05, 4.69) is 40.7 Å². The molecule has 0 aromatic carbocycles. The van der Waals surface area contributed by atoms with E-state index in [1.807, 2.05) is 0 Å². The van der Waals surface area contributed by atoms with E-state index < -0.39 is 36.5 Å². The first-order valence-electron chi connectivity index (χ1n) is 22.6. The Balaban J connectivity index is 0.830. The van der Waals surface area contributed by atoms with Crippen LogP contribution in [0.25, 0.3) is 0 Å². The molecular formula is C45H80O11S. The molecule has 4 aliphatic carbocycles. The molecule has 13 atom stereocenters. The van der Waals surface area contributed by atoms with Gasteiger partial charge < -0.3 is 53.6 Å². The Morgan fingerprint density at radius 2 is 1.37 bits per heavy atom. The highest BCUT2D eigenvalue weighted by molar-refractivity contribution is 7.99. The molecule has 1 saturated heterocycles. The SMILES string of the molecule is CC(C)CCC[C@@H](C)[C@H]1CC[C@H]2[C@@H]3CC=C4C[C@H](OCCOCCOCCOCCOCCOCCS[C@@H]5O[C@H](CO)[C@H](O)[C@H](O)[C@H]5O)CC[C@]4(C)[C@H]3CC[C@]12C. The molecule has 0 unspecified atom stereocenters. The fourth-order valence-electron chi connectivity index (χ4n) is 11.5. The van der Waals surface area contributed by atoms with Crippen LogP contribution in [0.4, 0.5) is 0 Å². The Bertz CT molecular complexity index is 1170. The second-order valence-corrected chi connectivity index (χ2v) is 19.9. The predicted octanol–water partition coefficient (Wildman–Crippen LogP) is 6.03. The highest BCUT2D eigenvalue weighted by Gasteiger charge is 2.59. The monoisotopic (exact) mass is 829 g/mol. The summed E-state index contributed by atoms with van der Waals surface area (Å²) in [5.74, 6) is 5.75. The molecule has 4 N–H and O–H groups in total. The number of rotatable bonds is 26. The van der Waals surface area contributed by atoms with Gasteiger partial charge in [-0.15, -0.1) is 11.8 Å². The molecule has 0 amide bonds. The van der Waals surface area contributed by atoms with Gasteiger partial charge in [-0.3, -0.25) is 0 Å². The molecule has 4 fully saturated rings. The van der Waals surface area contributed by atoms with Gasteiger partial charge in [0.1, 0.15) is 29.9 Å². The van der Waals surface area contributed by atoms with Crippen molar-refractivity contribution in [2.24, 2.45) is 46.3 Å². The minimum Gasteiger partial charge on any atom is -0.394 e. The quantitative estimate of drug-likeness (QED) is 0.0597. The summed E-state index contributed by atoms with van der Waals surface area (Å²) in [7, 11) is 0. The van der Waals surface area contributed by atoms with Crippen molar-refractivity contribution >= 4 is 11.8 Å². The molecule has 1 aliphatic heterocycles. The van der Waals surface area contributed by atoms with Crippen molar-refractivity contribution in [1.29, 1.82) is 0 Å². The fourth-order valence-corrected chi connectivity index (χ4v) is 12.5. The standard InChI is InChI=1S/C45H80O11S/c1-31(2)7-6-8-32(3)36-11-12-37-35-10-9-33-29-34(13-15-44(33,4)38(35)14-16-45(36,37)5)55-26-25-53-22-21-51-18-17-50-19-20-52-23-24-54-27-28-57-43-42(49)41(48)40(47)39(30-46)56-43/h9,31-32,34-43,46-49H,6-8,10-30H2,1-5H3/t32-,34-,35+,36-,37+,38+,39-,40+,41+,42-,43+,44+,45-/m1/s1. The number of aliphatic hydroxyl groups excluding tert-OH is 4. The van der Waals surface area contributed by atoms with Gasteiger partial charge in [0.2, 0.25) is 0 Å². The lowest BCUT2D eigenvalue weighted by molar-refractivity contribution is -0.205. The summed E-state index contributed by atoms with van der Waals surface area (Å²) in [6.07, 6.45) is 12.9. The molecule has 0 bridgehead atoms. The first-order chi connectivity index (χ1) is 27.5. The van der Waals surface area contributed by atoms with Crippen molar-refractivity contribution in [2.45, 2.75) is 141 Å². The third-order valence-corrected chi connectivity index (χ3v) is 15.8. The van der Waals surface area contributed by atoms with Crippen LogP contribution < -0.4 is 0 Å². The van der Waals surface area contributed by atoms with Gasteiger partial charge in [0.25, 0.3) is 0 Å². The number of ether oxygens (including phenoxy) is 7. The summed E-state index contributed by atoms with van der Waals surface area (Å²) in [4.78, 5) is 0. The zero-order valence-electron chi connectivity index (χ0n) is 36.0. The van der Waals surface area contributed by atoms with E-state index in [1.165, 1.54) is 69.5 Å². The average Bonchev–Trinajstić information content (AvgIpc) is 3.55. The largest absolute Gasteiger partial charge is 0.394 e. The zero-order chi connectivity index (χ0) is 40.8. The lowest BCUT2D eigenvalue weighted by atomic mass is 9.47. The number of fused-ring (bicyclic) bond motifs is 5. The van der Waals surface area contributed by atoms with Crippen LogP contribution in [0.5, 0.6) is 0 Å². The Morgan fingerprint density at radius 3 is 2.00 bits per heavy atom. The van der Waals surface area contributed by atoms with Crippen LogP contribution >= 0.6 is 11.8 Å². The van der Waals surface area contributed by atoms with Crippen molar-refractivity contribution in [3.8, 4) is 0 Å². The molecular weight excluding hydrogens is 749 g/mol. The number of hydrogen-bond donors (Lipinski definition) is 4. The molecule has 0 radical (unpaired) electrons. The molecule has 3 saturated carbocycles. The molecule has 0 aromatic rings. The van der Waals surface area contributed by atoms with Gasteiger partial charge in [-0.2, -0.15) is 0 Å².